The Kier molecular flexibility index (Phi) is 10.4. The van der Waals surface area contributed by atoms with Crippen molar-refractivity contribution in [2.75, 3.05) is 0 Å². The van der Waals surface area contributed by atoms with Gasteiger partial charge in [-0.05, 0) is 73.5 Å². The van der Waals surface area contributed by atoms with Crippen molar-refractivity contribution in [2.45, 2.75) is 18.9 Å². The Bertz CT molecular complexity index is 2580. The maximum Gasteiger partial charge on any atom is 0.343 e. The van der Waals surface area contributed by atoms with Crippen LogP contribution >= 0.6 is 0 Å². The molecule has 11 N–H and O–H groups in total. The van der Waals surface area contributed by atoms with Crippen LogP contribution in [0.3, 0.4) is 0 Å². The number of rotatable bonds is 10. The van der Waals surface area contributed by atoms with Crippen LogP contribution in [0, 0.1) is 0 Å². The second-order valence-corrected chi connectivity index (χ2v) is 12.4. The molecule has 5 aromatic rings. The number of aromatic hydroxyl groups is 11. The quantitative estimate of drug-likeness (QED) is 0.0544. The zero-order valence-electron chi connectivity index (χ0n) is 29.3. The van der Waals surface area contributed by atoms with E-state index in [2.05, 4.69) is 0 Å². The van der Waals surface area contributed by atoms with E-state index in [0.29, 0.717) is 61.4 Å². The Hall–Kier alpha value is -8.75. The van der Waals surface area contributed by atoms with E-state index >= 15 is 0 Å². The highest BCUT2D eigenvalue weighted by molar-refractivity contribution is 5.98. The Labute approximate surface area is 327 Å². The number of phenols is 11. The minimum Gasteiger partial charge on any atom is -0.504 e. The van der Waals surface area contributed by atoms with Crippen molar-refractivity contribution >= 4 is 29.8 Å². The number of benzene rings is 5. The van der Waals surface area contributed by atoms with Crippen molar-refractivity contribution in [1.82, 2.24) is 0 Å². The molecule has 59 heavy (non-hydrogen) atoms. The van der Waals surface area contributed by atoms with Crippen molar-refractivity contribution < 1.29 is 104 Å². The van der Waals surface area contributed by atoms with Gasteiger partial charge in [-0.2, -0.15) is 0 Å². The maximum absolute atomic E-state index is 13.2. The molecule has 0 atom stereocenters. The Morgan fingerprint density at radius 1 is 0.339 bits per heavy atom. The first kappa shape index (κ1) is 39.9. The van der Waals surface area contributed by atoms with Gasteiger partial charge in [0.05, 0.1) is 27.8 Å². The Morgan fingerprint density at radius 3 is 0.814 bits per heavy atom. The van der Waals surface area contributed by atoms with E-state index in [-0.39, 0.29) is 11.7 Å². The summed E-state index contributed by atoms with van der Waals surface area (Å²) in [7, 11) is 0. The van der Waals surface area contributed by atoms with Gasteiger partial charge in [0.15, 0.2) is 63.2 Å². The molecule has 0 aliphatic heterocycles. The van der Waals surface area contributed by atoms with Crippen LogP contribution in [0.25, 0.3) is 0 Å². The van der Waals surface area contributed by atoms with Gasteiger partial charge in [-0.25, -0.2) is 24.0 Å². The van der Waals surface area contributed by atoms with Crippen LogP contribution in [-0.4, -0.2) is 92.1 Å². The number of phenolic OH excluding ortho intramolecular Hbond substituents is 11. The number of carbonyl (C=O) groups is 5. The lowest BCUT2D eigenvalue weighted by Gasteiger charge is -2.13. The molecule has 1 fully saturated rings. The number of hydrogen-bond donors (Lipinski definition) is 11. The summed E-state index contributed by atoms with van der Waals surface area (Å²) in [6.07, 6.45) is 0.922. The molecule has 6 rings (SSSR count). The van der Waals surface area contributed by atoms with Crippen LogP contribution in [0.4, 0.5) is 0 Å². The molecule has 0 bridgehead atoms. The molecular weight excluding hydrogens is 792 g/mol. The predicted molar refractivity (Wildman–Crippen MR) is 189 cm³/mol. The van der Waals surface area contributed by atoms with E-state index in [1.165, 1.54) is 0 Å². The van der Waals surface area contributed by atoms with Gasteiger partial charge in [0.25, 0.3) is 0 Å². The first-order chi connectivity index (χ1) is 27.8. The molecule has 1 aliphatic rings. The third-order valence-electron chi connectivity index (χ3n) is 8.08. The molecular formula is C38H26O21. The molecule has 21 heteroatoms. The van der Waals surface area contributed by atoms with Crippen LogP contribution in [0.15, 0.2) is 60.7 Å². The fraction of sp³-hybridized carbons (Fsp3) is 0.0789. The molecule has 0 amide bonds. The lowest BCUT2D eigenvalue weighted by molar-refractivity contribution is 0.0469. The molecule has 21 nitrogen and oxygen atoms in total. The van der Waals surface area contributed by atoms with Crippen molar-refractivity contribution in [3.63, 3.8) is 0 Å². The SMILES string of the molecule is O=C(Oc1cc(C(=O)Oc2cc(C(=O)Oc3cc(C(=O)Oc4cc(C(=O)OC5CC5)cc(O)c4O)cc(O)c3O)cc(O)c2O)cc(O)c1O)c1cc(O)c(O)c(O)c1. The molecule has 304 valence electrons. The van der Waals surface area contributed by atoms with Crippen molar-refractivity contribution in [2.24, 2.45) is 0 Å². The zero-order valence-corrected chi connectivity index (χ0v) is 29.3. The van der Waals surface area contributed by atoms with Crippen molar-refractivity contribution in [3.05, 3.63) is 88.5 Å². The van der Waals surface area contributed by atoms with Crippen molar-refractivity contribution in [3.8, 4) is 86.2 Å². The van der Waals surface area contributed by atoms with Crippen LogP contribution in [0.5, 0.6) is 86.2 Å². The first-order valence-corrected chi connectivity index (χ1v) is 16.4. The van der Waals surface area contributed by atoms with Crippen molar-refractivity contribution in [1.29, 1.82) is 0 Å². The number of esters is 5. The van der Waals surface area contributed by atoms with Crippen LogP contribution in [0.2, 0.25) is 0 Å². The third kappa shape index (κ3) is 8.42. The molecule has 0 saturated heterocycles. The van der Waals surface area contributed by atoms with E-state index in [4.69, 9.17) is 23.7 Å². The summed E-state index contributed by atoms with van der Waals surface area (Å²) in [5.41, 5.74) is -2.85. The summed E-state index contributed by atoms with van der Waals surface area (Å²) in [5.74, 6) is -21.1. The highest BCUT2D eigenvalue weighted by Gasteiger charge is 2.29. The summed E-state index contributed by atoms with van der Waals surface area (Å²) in [6, 6.07) is 7.03. The fourth-order valence-corrected chi connectivity index (χ4v) is 4.92. The van der Waals surface area contributed by atoms with E-state index in [9.17, 15) is 80.1 Å². The van der Waals surface area contributed by atoms with E-state index in [0.717, 1.165) is 12.1 Å². The van der Waals surface area contributed by atoms with Crippen LogP contribution in [-0.2, 0) is 4.74 Å². The predicted octanol–water partition coefficient (Wildman–Crippen LogP) is 3.64. The number of hydrogen-bond acceptors (Lipinski definition) is 21. The van der Waals surface area contributed by atoms with Crippen LogP contribution in [0.1, 0.15) is 64.6 Å². The largest absolute Gasteiger partial charge is 0.504 e. The normalized spacial score (nSPS) is 11.9. The fourth-order valence-electron chi connectivity index (χ4n) is 4.92. The minimum atomic E-state index is -1.48. The van der Waals surface area contributed by atoms with E-state index in [1.54, 1.807) is 0 Å². The number of ether oxygens (including phenoxy) is 5. The molecule has 5 aromatic carbocycles. The maximum atomic E-state index is 13.2. The summed E-state index contributed by atoms with van der Waals surface area (Å²) in [6.45, 7) is 0. The van der Waals surface area contributed by atoms with Gasteiger partial charge in [-0.1, -0.05) is 0 Å². The molecule has 0 spiro atoms. The second kappa shape index (κ2) is 15.4. The van der Waals surface area contributed by atoms with Gasteiger partial charge < -0.3 is 79.9 Å². The monoisotopic (exact) mass is 818 g/mol. The zero-order chi connectivity index (χ0) is 43.0. The molecule has 1 aliphatic carbocycles. The summed E-state index contributed by atoms with van der Waals surface area (Å²) in [4.78, 5) is 64.2. The lowest BCUT2D eigenvalue weighted by atomic mass is 10.1. The molecule has 1 saturated carbocycles. The third-order valence-corrected chi connectivity index (χ3v) is 8.08. The molecule has 0 radical (unpaired) electrons. The smallest absolute Gasteiger partial charge is 0.343 e. The standard InChI is InChI=1S/C38H26O21/c39-19-3-13(4-20(40)29(19)45)35(51)56-26-10-15(6-22(42)31(26)47)37(53)58-28-12-17(8-24(44)33(28)49)38(54)59-27-11-16(7-23(43)32(27)48)36(52)57-25-9-14(5-21(41)30(25)46)34(50)55-18-1-2-18/h3-12,18,39-49H,1-2H2. The summed E-state index contributed by atoms with van der Waals surface area (Å²) < 4.78 is 25.3. The van der Waals surface area contributed by atoms with E-state index in [1.807, 2.05) is 0 Å². The highest BCUT2D eigenvalue weighted by Crippen LogP contribution is 2.43. The molecule has 0 heterocycles. The van der Waals surface area contributed by atoms with Gasteiger partial charge in [0, 0.05) is 0 Å². The van der Waals surface area contributed by atoms with E-state index < -0.39 is 138 Å². The van der Waals surface area contributed by atoms with Gasteiger partial charge in [-0.15, -0.1) is 0 Å². The summed E-state index contributed by atoms with van der Waals surface area (Å²) >= 11 is 0. The highest BCUT2D eigenvalue weighted by atomic mass is 16.6. The molecule has 0 unspecified atom stereocenters. The average Bonchev–Trinajstić information content (AvgIpc) is 4.01. The topological polar surface area (TPSA) is 354 Å². The van der Waals surface area contributed by atoms with Gasteiger partial charge in [-0.3, -0.25) is 0 Å². The lowest BCUT2D eigenvalue weighted by Crippen LogP contribution is -2.13. The summed E-state index contributed by atoms with van der Waals surface area (Å²) in [5, 5.41) is 111. The van der Waals surface area contributed by atoms with Gasteiger partial charge in [0.1, 0.15) is 6.10 Å². The minimum absolute atomic E-state index is 0.288. The first-order valence-electron chi connectivity index (χ1n) is 16.4. The Morgan fingerprint density at radius 2 is 0.559 bits per heavy atom. The Balaban J connectivity index is 1.20. The van der Waals surface area contributed by atoms with Crippen LogP contribution < -0.4 is 18.9 Å². The average molecular weight is 819 g/mol. The van der Waals surface area contributed by atoms with Gasteiger partial charge >= 0.3 is 29.8 Å². The second-order valence-electron chi connectivity index (χ2n) is 12.4. The number of carbonyl (C=O) groups excluding carboxylic acids is 5. The van der Waals surface area contributed by atoms with Gasteiger partial charge in [0.2, 0.25) is 23.0 Å². The molecule has 0 aromatic heterocycles.